The summed E-state index contributed by atoms with van der Waals surface area (Å²) in [5, 5.41) is 8.17. The van der Waals surface area contributed by atoms with Gasteiger partial charge in [0.05, 0.1) is 33.5 Å². The fraction of sp³-hybridized carbons (Fsp3) is 0.258. The van der Waals surface area contributed by atoms with Crippen molar-refractivity contribution in [2.45, 2.75) is 46.7 Å². The average molecular weight is 593 g/mol. The Kier molecular flexibility index (Phi) is 7.91. The molecule has 1 aliphatic rings. The second kappa shape index (κ2) is 11.2. The van der Waals surface area contributed by atoms with Crippen molar-refractivity contribution in [2.75, 3.05) is 10.2 Å². The smallest absolute Gasteiger partial charge is 0.226 e. The summed E-state index contributed by atoms with van der Waals surface area (Å²) in [6.07, 6.45) is 1.80. The first kappa shape index (κ1) is 28.1. The number of amides is 1. The molecule has 2 atom stereocenters. The summed E-state index contributed by atoms with van der Waals surface area (Å²) in [6, 6.07) is 19.3. The third-order valence-corrected chi connectivity index (χ3v) is 8.45. The fourth-order valence-corrected chi connectivity index (χ4v) is 6.01. The number of hydrogen-bond acceptors (Lipinski definition) is 3. The topological polar surface area (TPSA) is 62.2 Å². The second-order valence-corrected chi connectivity index (χ2v) is 11.5. The highest BCUT2D eigenvalue weighted by Crippen LogP contribution is 2.45. The van der Waals surface area contributed by atoms with Gasteiger partial charge in [-0.25, -0.2) is 0 Å². The second-order valence-electron chi connectivity index (χ2n) is 10.4. The predicted molar refractivity (Wildman–Crippen MR) is 168 cm³/mol. The van der Waals surface area contributed by atoms with Crippen LogP contribution in [0.15, 0.2) is 66.9 Å². The van der Waals surface area contributed by atoms with Crippen LogP contribution in [-0.4, -0.2) is 20.6 Å². The molecule has 6 nitrogen and oxygen atoms in total. The van der Waals surface area contributed by atoms with Crippen LogP contribution in [0.2, 0.25) is 10.0 Å². The molecule has 4 aromatic rings. The van der Waals surface area contributed by atoms with Crippen LogP contribution in [0.3, 0.4) is 0 Å². The lowest BCUT2D eigenvalue weighted by Crippen LogP contribution is -2.29. The number of benzene rings is 2. The van der Waals surface area contributed by atoms with Crippen molar-refractivity contribution < 1.29 is 4.79 Å². The Morgan fingerprint density at radius 3 is 2.50 bits per heavy atom. The van der Waals surface area contributed by atoms with Gasteiger partial charge in [-0.15, -0.1) is 0 Å². The monoisotopic (exact) mass is 591 g/mol. The minimum Gasteiger partial charge on any atom is -0.351 e. The molecule has 0 spiro atoms. The van der Waals surface area contributed by atoms with Gasteiger partial charge in [-0.2, -0.15) is 0 Å². The molecular formula is C31H31Cl2N5OS. The van der Waals surface area contributed by atoms with Gasteiger partial charge in [-0.1, -0.05) is 49.2 Å². The van der Waals surface area contributed by atoms with Gasteiger partial charge in [-0.05, 0) is 92.6 Å². The number of halogens is 2. The van der Waals surface area contributed by atoms with E-state index in [0.717, 1.165) is 45.3 Å². The standard InChI is InChI=1S/C31H31Cl2N5OS/c1-17(2)30(39)35-24-13-12-21(15-18(24)3)38-29(28(36-31(38)40)25-10-6-7-14-34-25)22-16-19(4)37(20(22)5)26-11-8-9-23(32)27(26)33/h6-17,28-29H,1-5H3,(H,35,39)(H,36,40)/t28-,29-/m1/s1. The Labute approximate surface area is 250 Å². The van der Waals surface area contributed by atoms with Crippen LogP contribution in [0.1, 0.15) is 54.1 Å². The molecule has 1 aliphatic heterocycles. The van der Waals surface area contributed by atoms with Crippen LogP contribution >= 0.6 is 35.4 Å². The van der Waals surface area contributed by atoms with Gasteiger partial charge in [0, 0.05) is 34.9 Å². The highest BCUT2D eigenvalue weighted by atomic mass is 35.5. The summed E-state index contributed by atoms with van der Waals surface area (Å²) >= 11 is 19.0. The van der Waals surface area contributed by atoms with E-state index < -0.39 is 0 Å². The molecule has 1 fully saturated rings. The first-order valence-corrected chi connectivity index (χ1v) is 14.3. The van der Waals surface area contributed by atoms with Crippen LogP contribution in [0.4, 0.5) is 11.4 Å². The SMILES string of the molecule is Cc1cc(N2C(=S)N[C@H](c3ccccn3)[C@H]2c2cc(C)n(-c3cccc(Cl)c3Cl)c2C)ccc1NC(=O)C(C)C. The molecule has 1 amide bonds. The first-order chi connectivity index (χ1) is 19.1. The molecular weight excluding hydrogens is 561 g/mol. The zero-order valence-corrected chi connectivity index (χ0v) is 25.3. The van der Waals surface area contributed by atoms with E-state index in [1.807, 2.05) is 63.2 Å². The molecule has 206 valence electrons. The molecule has 0 radical (unpaired) electrons. The van der Waals surface area contributed by atoms with Crippen LogP contribution in [0.5, 0.6) is 0 Å². The lowest BCUT2D eigenvalue weighted by Gasteiger charge is -2.29. The molecule has 1 saturated heterocycles. The van der Waals surface area contributed by atoms with E-state index in [1.54, 1.807) is 12.3 Å². The van der Waals surface area contributed by atoms with E-state index in [-0.39, 0.29) is 23.9 Å². The molecule has 9 heteroatoms. The van der Waals surface area contributed by atoms with E-state index in [9.17, 15) is 4.79 Å². The first-order valence-electron chi connectivity index (χ1n) is 13.1. The number of nitrogens with zero attached hydrogens (tertiary/aromatic N) is 3. The lowest BCUT2D eigenvalue weighted by atomic mass is 9.96. The van der Waals surface area contributed by atoms with Gasteiger partial charge in [-0.3, -0.25) is 9.78 Å². The zero-order valence-electron chi connectivity index (χ0n) is 23.0. The number of hydrogen-bond donors (Lipinski definition) is 2. The largest absolute Gasteiger partial charge is 0.351 e. The molecule has 2 N–H and O–H groups in total. The highest BCUT2D eigenvalue weighted by Gasteiger charge is 2.42. The van der Waals surface area contributed by atoms with E-state index in [2.05, 4.69) is 51.1 Å². The third kappa shape index (κ3) is 5.09. The Balaban J connectivity index is 1.64. The van der Waals surface area contributed by atoms with Crippen LogP contribution in [0.25, 0.3) is 5.69 Å². The number of carbonyl (C=O) groups excluding carboxylic acids is 1. The maximum absolute atomic E-state index is 12.3. The normalized spacial score (nSPS) is 16.9. The molecule has 40 heavy (non-hydrogen) atoms. The predicted octanol–water partition coefficient (Wildman–Crippen LogP) is 7.88. The quantitative estimate of drug-likeness (QED) is 0.223. The minimum atomic E-state index is -0.198. The van der Waals surface area contributed by atoms with Gasteiger partial charge in [0.15, 0.2) is 5.11 Å². The summed E-state index contributed by atoms with van der Waals surface area (Å²) in [4.78, 5) is 19.2. The van der Waals surface area contributed by atoms with E-state index in [4.69, 9.17) is 35.4 Å². The zero-order chi connectivity index (χ0) is 28.7. The van der Waals surface area contributed by atoms with Gasteiger partial charge < -0.3 is 20.1 Å². The van der Waals surface area contributed by atoms with Crippen molar-refractivity contribution in [3.63, 3.8) is 0 Å². The maximum Gasteiger partial charge on any atom is 0.226 e. The molecule has 2 aromatic carbocycles. The number of pyridine rings is 1. The number of rotatable bonds is 6. The van der Waals surface area contributed by atoms with Crippen molar-refractivity contribution >= 4 is 57.8 Å². The number of aromatic nitrogens is 2. The summed E-state index contributed by atoms with van der Waals surface area (Å²) in [5.41, 5.74) is 7.51. The molecule has 0 bridgehead atoms. The van der Waals surface area contributed by atoms with E-state index >= 15 is 0 Å². The van der Waals surface area contributed by atoms with Crippen LogP contribution in [0, 0.1) is 26.7 Å². The van der Waals surface area contributed by atoms with Gasteiger partial charge in [0.25, 0.3) is 0 Å². The lowest BCUT2D eigenvalue weighted by molar-refractivity contribution is -0.118. The van der Waals surface area contributed by atoms with Gasteiger partial charge >= 0.3 is 0 Å². The average Bonchev–Trinajstić information content (AvgIpc) is 3.42. The molecule has 5 rings (SSSR count). The summed E-state index contributed by atoms with van der Waals surface area (Å²) in [5.74, 6) is -0.129. The number of aryl methyl sites for hydroxylation is 2. The molecule has 3 heterocycles. The Bertz CT molecular complexity index is 1600. The van der Waals surface area contributed by atoms with Crippen molar-refractivity contribution in [3.8, 4) is 5.69 Å². The van der Waals surface area contributed by atoms with E-state index in [1.165, 1.54) is 0 Å². The summed E-state index contributed by atoms with van der Waals surface area (Å²) < 4.78 is 2.13. The Morgan fingerprint density at radius 1 is 1.05 bits per heavy atom. The molecule has 0 saturated carbocycles. The Hall–Kier alpha value is -3.39. The van der Waals surface area contributed by atoms with Gasteiger partial charge in [0.1, 0.15) is 0 Å². The number of anilines is 2. The fourth-order valence-electron chi connectivity index (χ4n) is 5.29. The molecule has 0 aliphatic carbocycles. The summed E-state index contributed by atoms with van der Waals surface area (Å²) in [6.45, 7) is 9.89. The van der Waals surface area contributed by atoms with Crippen molar-refractivity contribution in [1.82, 2.24) is 14.9 Å². The maximum atomic E-state index is 12.3. The van der Waals surface area contributed by atoms with E-state index in [0.29, 0.717) is 15.2 Å². The minimum absolute atomic E-state index is 0.0191. The highest BCUT2D eigenvalue weighted by molar-refractivity contribution is 7.80. The molecule has 0 unspecified atom stereocenters. The number of nitrogens with one attached hydrogen (secondary N) is 2. The third-order valence-electron chi connectivity index (χ3n) is 7.33. The Morgan fingerprint density at radius 2 is 1.82 bits per heavy atom. The van der Waals surface area contributed by atoms with Gasteiger partial charge in [0.2, 0.25) is 5.91 Å². The van der Waals surface area contributed by atoms with Crippen LogP contribution in [-0.2, 0) is 4.79 Å². The summed E-state index contributed by atoms with van der Waals surface area (Å²) in [7, 11) is 0. The van der Waals surface area contributed by atoms with Crippen molar-refractivity contribution in [1.29, 1.82) is 0 Å². The number of thiocarbonyl (C=S) groups is 1. The van der Waals surface area contributed by atoms with Crippen molar-refractivity contribution in [2.24, 2.45) is 5.92 Å². The van der Waals surface area contributed by atoms with Crippen LogP contribution < -0.4 is 15.5 Å². The van der Waals surface area contributed by atoms with Crippen molar-refractivity contribution in [3.05, 3.63) is 105 Å². The number of carbonyl (C=O) groups is 1. The molecule has 2 aromatic heterocycles.